The molecule has 0 amide bonds. The van der Waals surface area contributed by atoms with Crippen molar-refractivity contribution in [2.45, 2.75) is 0 Å². The molecule has 0 N–H and O–H groups in total. The smallest absolute Gasteiger partial charge is 0.161 e. The lowest BCUT2D eigenvalue weighted by molar-refractivity contribution is 1.24. The molecule has 0 atom stereocenters. The van der Waals surface area contributed by atoms with E-state index in [-0.39, 0.29) is 0 Å². The predicted octanol–water partition coefficient (Wildman–Crippen LogP) is 12.9. The van der Waals surface area contributed by atoms with Gasteiger partial charge in [0.15, 0.2) is 11.6 Å². The molecule has 0 aliphatic carbocycles. The summed E-state index contributed by atoms with van der Waals surface area (Å²) in [6.45, 7) is 0. The Morgan fingerprint density at radius 1 is 0.358 bits per heavy atom. The number of hydrogen-bond acceptors (Lipinski definition) is 5. The number of nitrogens with zero attached hydrogens (tertiary/aromatic N) is 4. The van der Waals surface area contributed by atoms with Crippen LogP contribution in [0.5, 0.6) is 0 Å². The third kappa shape index (κ3) is 4.90. The van der Waals surface area contributed by atoms with Gasteiger partial charge < -0.3 is 0 Å². The average molecular weight is 693 g/mol. The van der Waals surface area contributed by atoms with Crippen LogP contribution >= 0.6 is 11.3 Å². The monoisotopic (exact) mass is 692 g/mol. The van der Waals surface area contributed by atoms with Crippen molar-refractivity contribution in [1.29, 1.82) is 0 Å². The van der Waals surface area contributed by atoms with Crippen molar-refractivity contribution in [2.24, 2.45) is 0 Å². The molecular formula is C48H28N4S. The molecule has 53 heavy (non-hydrogen) atoms. The summed E-state index contributed by atoms with van der Waals surface area (Å²) in [7, 11) is 0. The van der Waals surface area contributed by atoms with Crippen molar-refractivity contribution in [1.82, 2.24) is 19.9 Å². The SMILES string of the molecule is c1ccc2cc(-c3nc(-c4cccc5c4sc4cccc(-c6nc(-c7ccc8ccccc8c7)c7ccccc7n6)c45)nc4ccccc34)ccc2c1. The lowest BCUT2D eigenvalue weighted by Crippen LogP contribution is -1.96. The Bertz CT molecular complexity index is 3250. The zero-order chi connectivity index (χ0) is 34.9. The van der Waals surface area contributed by atoms with E-state index in [0.29, 0.717) is 11.6 Å². The maximum Gasteiger partial charge on any atom is 0.161 e. The van der Waals surface area contributed by atoms with Crippen LogP contribution in [0.15, 0.2) is 170 Å². The lowest BCUT2D eigenvalue weighted by Gasteiger charge is -2.11. The van der Waals surface area contributed by atoms with Gasteiger partial charge in [-0.25, -0.2) is 19.9 Å². The summed E-state index contributed by atoms with van der Waals surface area (Å²) in [6, 6.07) is 59.6. The molecule has 3 aromatic heterocycles. The molecule has 0 fully saturated rings. The molecule has 8 aromatic carbocycles. The first kappa shape index (κ1) is 29.9. The van der Waals surface area contributed by atoms with Crippen LogP contribution in [0.2, 0.25) is 0 Å². The molecule has 0 saturated heterocycles. The largest absolute Gasteiger partial charge is 0.228 e. The fourth-order valence-electron chi connectivity index (χ4n) is 7.72. The van der Waals surface area contributed by atoms with Crippen molar-refractivity contribution in [3.05, 3.63) is 170 Å². The van der Waals surface area contributed by atoms with Crippen LogP contribution in [0.4, 0.5) is 0 Å². The fourth-order valence-corrected chi connectivity index (χ4v) is 8.96. The number of rotatable bonds is 4. The molecule has 11 aromatic rings. The third-order valence-electron chi connectivity index (χ3n) is 10.3. The molecule has 0 saturated carbocycles. The highest BCUT2D eigenvalue weighted by molar-refractivity contribution is 7.26. The van der Waals surface area contributed by atoms with Crippen LogP contribution in [0.25, 0.3) is 109 Å². The summed E-state index contributed by atoms with van der Waals surface area (Å²) in [4.78, 5) is 21.0. The van der Waals surface area contributed by atoms with Gasteiger partial charge in [0.2, 0.25) is 0 Å². The zero-order valence-electron chi connectivity index (χ0n) is 28.4. The van der Waals surface area contributed by atoms with Crippen LogP contribution in [-0.2, 0) is 0 Å². The van der Waals surface area contributed by atoms with E-state index in [2.05, 4.69) is 158 Å². The van der Waals surface area contributed by atoms with Crippen molar-refractivity contribution in [3.63, 3.8) is 0 Å². The zero-order valence-corrected chi connectivity index (χ0v) is 29.2. The van der Waals surface area contributed by atoms with Gasteiger partial charge in [-0.2, -0.15) is 0 Å². The molecule has 3 heterocycles. The molecule has 11 rings (SSSR count). The number of para-hydroxylation sites is 2. The molecule has 4 nitrogen and oxygen atoms in total. The van der Waals surface area contributed by atoms with E-state index in [0.717, 1.165) is 70.9 Å². The quantitative estimate of drug-likeness (QED) is 0.184. The van der Waals surface area contributed by atoms with Crippen LogP contribution < -0.4 is 0 Å². The topological polar surface area (TPSA) is 51.6 Å². The second-order valence-corrected chi connectivity index (χ2v) is 14.5. The average Bonchev–Trinajstić information content (AvgIpc) is 3.62. The molecule has 0 radical (unpaired) electrons. The summed E-state index contributed by atoms with van der Waals surface area (Å²) in [5.74, 6) is 1.43. The molecule has 0 unspecified atom stereocenters. The van der Waals surface area contributed by atoms with Crippen LogP contribution in [0.3, 0.4) is 0 Å². The normalized spacial score (nSPS) is 11.8. The number of aromatic nitrogens is 4. The first-order valence-electron chi connectivity index (χ1n) is 17.7. The van der Waals surface area contributed by atoms with Gasteiger partial charge in [0.05, 0.1) is 22.4 Å². The highest BCUT2D eigenvalue weighted by atomic mass is 32.1. The lowest BCUT2D eigenvalue weighted by atomic mass is 10.0. The highest BCUT2D eigenvalue weighted by Crippen LogP contribution is 2.44. The van der Waals surface area contributed by atoms with Gasteiger partial charge in [0.25, 0.3) is 0 Å². The van der Waals surface area contributed by atoms with Gasteiger partial charge in [0.1, 0.15) is 0 Å². The minimum absolute atomic E-state index is 0.711. The molecule has 0 aliphatic rings. The summed E-state index contributed by atoms with van der Waals surface area (Å²) < 4.78 is 2.31. The Labute approximate surface area is 308 Å². The van der Waals surface area contributed by atoms with Gasteiger partial charge in [-0.15, -0.1) is 11.3 Å². The Morgan fingerprint density at radius 3 is 1.47 bits per heavy atom. The number of fused-ring (bicyclic) bond motifs is 7. The highest BCUT2D eigenvalue weighted by Gasteiger charge is 2.20. The standard InChI is InChI=1S/C48H28N4S/c1-3-13-31-27-33(25-23-29(31)11-1)44-35-15-5-7-20-40(35)49-47(51-44)38-18-10-22-42-43(38)37-17-9-19-39(46(37)53-42)48-50-41-21-8-6-16-36(41)45(52-48)34-26-24-30-12-2-4-14-32(30)28-34/h1-28H. The number of benzene rings is 8. The third-order valence-corrected chi connectivity index (χ3v) is 11.5. The molecule has 0 bridgehead atoms. The maximum atomic E-state index is 5.34. The summed E-state index contributed by atoms with van der Waals surface area (Å²) in [6.07, 6.45) is 0. The van der Waals surface area contributed by atoms with Crippen molar-refractivity contribution in [3.8, 4) is 45.3 Å². The Hall–Kier alpha value is -6.82. The fraction of sp³-hybridized carbons (Fsp3) is 0. The van der Waals surface area contributed by atoms with Gasteiger partial charge in [-0.05, 0) is 57.9 Å². The van der Waals surface area contributed by atoms with E-state index in [9.17, 15) is 0 Å². The number of thiophene rings is 1. The van der Waals surface area contributed by atoms with E-state index in [4.69, 9.17) is 19.9 Å². The van der Waals surface area contributed by atoms with Crippen molar-refractivity contribution < 1.29 is 0 Å². The van der Waals surface area contributed by atoms with E-state index >= 15 is 0 Å². The Kier molecular flexibility index (Phi) is 6.69. The van der Waals surface area contributed by atoms with Gasteiger partial charge in [0, 0.05) is 53.2 Å². The Balaban J connectivity index is 1.12. The van der Waals surface area contributed by atoms with Crippen molar-refractivity contribution >= 4 is 74.9 Å². The Morgan fingerprint density at radius 2 is 0.849 bits per heavy atom. The van der Waals surface area contributed by atoms with Crippen LogP contribution in [0.1, 0.15) is 0 Å². The van der Waals surface area contributed by atoms with E-state index in [1.807, 2.05) is 12.1 Å². The molecule has 246 valence electrons. The van der Waals surface area contributed by atoms with Crippen LogP contribution in [0, 0.1) is 0 Å². The van der Waals surface area contributed by atoms with E-state index in [1.165, 1.54) is 26.2 Å². The molecule has 5 heteroatoms. The van der Waals surface area contributed by atoms with Gasteiger partial charge in [-0.1, -0.05) is 133 Å². The number of hydrogen-bond donors (Lipinski definition) is 0. The molecule has 0 spiro atoms. The predicted molar refractivity (Wildman–Crippen MR) is 222 cm³/mol. The van der Waals surface area contributed by atoms with Crippen LogP contribution in [-0.4, -0.2) is 19.9 Å². The minimum Gasteiger partial charge on any atom is -0.228 e. The molecule has 0 aliphatic heterocycles. The van der Waals surface area contributed by atoms with Crippen molar-refractivity contribution in [2.75, 3.05) is 0 Å². The molecular weight excluding hydrogens is 665 g/mol. The van der Waals surface area contributed by atoms with E-state index in [1.54, 1.807) is 11.3 Å². The van der Waals surface area contributed by atoms with Gasteiger partial charge >= 0.3 is 0 Å². The van der Waals surface area contributed by atoms with E-state index < -0.39 is 0 Å². The van der Waals surface area contributed by atoms with Gasteiger partial charge in [-0.3, -0.25) is 0 Å². The first-order chi connectivity index (χ1) is 26.2. The maximum absolute atomic E-state index is 5.34. The first-order valence-corrected chi connectivity index (χ1v) is 18.5. The summed E-state index contributed by atoms with van der Waals surface area (Å²) in [5, 5.41) is 9.15. The second kappa shape index (κ2) is 11.9. The minimum atomic E-state index is 0.711. The summed E-state index contributed by atoms with van der Waals surface area (Å²) in [5.41, 5.74) is 7.87. The summed E-state index contributed by atoms with van der Waals surface area (Å²) >= 11 is 1.77. The second-order valence-electron chi connectivity index (χ2n) is 13.4.